The summed E-state index contributed by atoms with van der Waals surface area (Å²) in [6, 6.07) is 7.74. The van der Waals surface area contributed by atoms with Crippen molar-refractivity contribution in [3.63, 3.8) is 0 Å². The highest BCUT2D eigenvalue weighted by molar-refractivity contribution is 5.76. The second kappa shape index (κ2) is 9.40. The first-order valence-electron chi connectivity index (χ1n) is 7.76. The molecule has 1 aromatic carbocycles. The number of rotatable bonds is 9. The summed E-state index contributed by atoms with van der Waals surface area (Å²) >= 11 is 0. The summed E-state index contributed by atoms with van der Waals surface area (Å²) in [7, 11) is 0. The standard InChI is InChI=1S/C17H28N2O/c1-3-5-7-14(4-2)13-19-17(20)11-10-15-8-6-9-16(18)12-15/h6,8-9,12,14H,3-5,7,10-11,13,18H2,1-2H3,(H,19,20). The molecule has 1 rings (SSSR count). The number of nitrogens with two attached hydrogens (primary N) is 1. The molecule has 0 saturated heterocycles. The van der Waals surface area contributed by atoms with E-state index in [1.165, 1.54) is 19.3 Å². The summed E-state index contributed by atoms with van der Waals surface area (Å²) < 4.78 is 0. The molecule has 1 atom stereocenters. The molecule has 0 saturated carbocycles. The van der Waals surface area contributed by atoms with Gasteiger partial charge in [0.2, 0.25) is 5.91 Å². The summed E-state index contributed by atoms with van der Waals surface area (Å²) in [6.45, 7) is 5.21. The summed E-state index contributed by atoms with van der Waals surface area (Å²) in [6.07, 6.45) is 6.10. The van der Waals surface area contributed by atoms with Gasteiger partial charge in [-0.2, -0.15) is 0 Å². The van der Waals surface area contributed by atoms with E-state index in [0.717, 1.165) is 30.6 Å². The van der Waals surface area contributed by atoms with E-state index in [9.17, 15) is 4.79 Å². The van der Waals surface area contributed by atoms with Crippen LogP contribution in [0.2, 0.25) is 0 Å². The molecule has 1 unspecified atom stereocenters. The van der Waals surface area contributed by atoms with E-state index in [2.05, 4.69) is 19.2 Å². The van der Waals surface area contributed by atoms with Crippen LogP contribution in [0.5, 0.6) is 0 Å². The minimum absolute atomic E-state index is 0.141. The van der Waals surface area contributed by atoms with Gasteiger partial charge in [0.15, 0.2) is 0 Å². The fourth-order valence-corrected chi connectivity index (χ4v) is 2.30. The predicted molar refractivity (Wildman–Crippen MR) is 85.5 cm³/mol. The van der Waals surface area contributed by atoms with Gasteiger partial charge in [-0.05, 0) is 36.5 Å². The smallest absolute Gasteiger partial charge is 0.220 e. The Morgan fingerprint density at radius 3 is 2.80 bits per heavy atom. The summed E-state index contributed by atoms with van der Waals surface area (Å²) in [4.78, 5) is 11.9. The van der Waals surface area contributed by atoms with Crippen molar-refractivity contribution in [2.24, 2.45) is 5.92 Å². The number of aryl methyl sites for hydroxylation is 1. The highest BCUT2D eigenvalue weighted by Gasteiger charge is 2.08. The van der Waals surface area contributed by atoms with Gasteiger partial charge >= 0.3 is 0 Å². The average molecular weight is 276 g/mol. The van der Waals surface area contributed by atoms with Gasteiger partial charge in [0.05, 0.1) is 0 Å². The van der Waals surface area contributed by atoms with Gasteiger partial charge in [0.25, 0.3) is 0 Å². The van der Waals surface area contributed by atoms with E-state index in [-0.39, 0.29) is 5.91 Å². The number of amides is 1. The van der Waals surface area contributed by atoms with Crippen molar-refractivity contribution in [3.8, 4) is 0 Å². The lowest BCUT2D eigenvalue weighted by Crippen LogP contribution is -2.29. The number of benzene rings is 1. The minimum Gasteiger partial charge on any atom is -0.399 e. The Balaban J connectivity index is 2.26. The fourth-order valence-electron chi connectivity index (χ4n) is 2.30. The van der Waals surface area contributed by atoms with Crippen LogP contribution in [0.1, 0.15) is 51.5 Å². The number of carbonyl (C=O) groups is 1. The Bertz CT molecular complexity index is 404. The maximum Gasteiger partial charge on any atom is 0.220 e. The van der Waals surface area contributed by atoms with Crippen molar-refractivity contribution >= 4 is 11.6 Å². The second-order valence-corrected chi connectivity index (χ2v) is 5.47. The second-order valence-electron chi connectivity index (χ2n) is 5.47. The molecule has 0 aliphatic rings. The molecule has 20 heavy (non-hydrogen) atoms. The molecule has 1 aromatic rings. The van der Waals surface area contributed by atoms with Crippen molar-refractivity contribution in [3.05, 3.63) is 29.8 Å². The third-order valence-corrected chi connectivity index (χ3v) is 3.72. The lowest BCUT2D eigenvalue weighted by atomic mass is 9.99. The highest BCUT2D eigenvalue weighted by Crippen LogP contribution is 2.12. The Morgan fingerprint density at radius 1 is 1.35 bits per heavy atom. The summed E-state index contributed by atoms with van der Waals surface area (Å²) in [5.41, 5.74) is 7.61. The molecule has 1 amide bonds. The molecule has 0 bridgehead atoms. The zero-order chi connectivity index (χ0) is 14.8. The van der Waals surface area contributed by atoms with Crippen LogP contribution >= 0.6 is 0 Å². The van der Waals surface area contributed by atoms with Crippen LogP contribution in [-0.2, 0) is 11.2 Å². The van der Waals surface area contributed by atoms with E-state index in [4.69, 9.17) is 5.73 Å². The number of unbranched alkanes of at least 4 members (excludes halogenated alkanes) is 1. The molecule has 112 valence electrons. The number of anilines is 1. The quantitative estimate of drug-likeness (QED) is 0.678. The Labute approximate surface area is 122 Å². The molecule has 3 N–H and O–H groups in total. The van der Waals surface area contributed by atoms with Gasteiger partial charge in [-0.25, -0.2) is 0 Å². The van der Waals surface area contributed by atoms with Crippen LogP contribution in [0.25, 0.3) is 0 Å². The lowest BCUT2D eigenvalue weighted by Gasteiger charge is -2.15. The topological polar surface area (TPSA) is 55.1 Å². The van der Waals surface area contributed by atoms with Crippen LogP contribution in [0, 0.1) is 5.92 Å². The van der Waals surface area contributed by atoms with Crippen LogP contribution in [-0.4, -0.2) is 12.5 Å². The molecule has 0 spiro atoms. The monoisotopic (exact) mass is 276 g/mol. The van der Waals surface area contributed by atoms with E-state index < -0.39 is 0 Å². The number of nitrogen functional groups attached to an aromatic ring is 1. The van der Waals surface area contributed by atoms with Gasteiger partial charge in [0.1, 0.15) is 0 Å². The largest absolute Gasteiger partial charge is 0.399 e. The molecule has 3 nitrogen and oxygen atoms in total. The van der Waals surface area contributed by atoms with E-state index in [1.54, 1.807) is 0 Å². The van der Waals surface area contributed by atoms with Crippen molar-refractivity contribution < 1.29 is 4.79 Å². The van der Waals surface area contributed by atoms with Gasteiger partial charge < -0.3 is 11.1 Å². The van der Waals surface area contributed by atoms with Crippen LogP contribution in [0.15, 0.2) is 24.3 Å². The van der Waals surface area contributed by atoms with Crippen LogP contribution in [0.4, 0.5) is 5.69 Å². The van der Waals surface area contributed by atoms with Crippen molar-refractivity contribution in [1.82, 2.24) is 5.32 Å². The number of hydrogen-bond acceptors (Lipinski definition) is 2. The summed E-state index contributed by atoms with van der Waals surface area (Å²) in [5, 5.41) is 3.06. The van der Waals surface area contributed by atoms with Crippen molar-refractivity contribution in [1.29, 1.82) is 0 Å². The highest BCUT2D eigenvalue weighted by atomic mass is 16.1. The maximum absolute atomic E-state index is 11.9. The zero-order valence-electron chi connectivity index (χ0n) is 12.8. The predicted octanol–water partition coefficient (Wildman–Crippen LogP) is 3.53. The lowest BCUT2D eigenvalue weighted by molar-refractivity contribution is -0.121. The molecule has 3 heteroatoms. The van der Waals surface area contributed by atoms with Gasteiger partial charge in [-0.1, -0.05) is 45.2 Å². The minimum atomic E-state index is 0.141. The van der Waals surface area contributed by atoms with Crippen LogP contribution in [0.3, 0.4) is 0 Å². The number of carbonyl (C=O) groups excluding carboxylic acids is 1. The average Bonchev–Trinajstić information content (AvgIpc) is 2.45. The SMILES string of the molecule is CCCCC(CC)CNC(=O)CCc1cccc(N)c1. The van der Waals surface area contributed by atoms with Crippen molar-refractivity contribution in [2.45, 2.75) is 52.4 Å². The third-order valence-electron chi connectivity index (χ3n) is 3.72. The Hall–Kier alpha value is -1.51. The molecule has 0 aromatic heterocycles. The first-order chi connectivity index (χ1) is 9.65. The van der Waals surface area contributed by atoms with Crippen LogP contribution < -0.4 is 11.1 Å². The Morgan fingerprint density at radius 2 is 2.15 bits per heavy atom. The van der Waals surface area contributed by atoms with Gasteiger partial charge in [-0.3, -0.25) is 4.79 Å². The van der Waals surface area contributed by atoms with Gasteiger partial charge in [-0.15, -0.1) is 0 Å². The third kappa shape index (κ3) is 6.60. The first kappa shape index (κ1) is 16.5. The van der Waals surface area contributed by atoms with Gasteiger partial charge in [0, 0.05) is 18.7 Å². The zero-order valence-corrected chi connectivity index (χ0v) is 12.8. The fraction of sp³-hybridized carbons (Fsp3) is 0.588. The molecule has 0 heterocycles. The summed E-state index contributed by atoms with van der Waals surface area (Å²) in [5.74, 6) is 0.758. The first-order valence-corrected chi connectivity index (χ1v) is 7.76. The maximum atomic E-state index is 11.9. The molecule has 0 aliphatic heterocycles. The molecule has 0 radical (unpaired) electrons. The molecular formula is C17H28N2O. The number of hydrogen-bond donors (Lipinski definition) is 2. The van der Waals surface area contributed by atoms with Crippen molar-refractivity contribution in [2.75, 3.05) is 12.3 Å². The van der Waals surface area contributed by atoms with E-state index in [1.807, 2.05) is 24.3 Å². The van der Waals surface area contributed by atoms with E-state index in [0.29, 0.717) is 12.3 Å². The Kier molecular flexibility index (Phi) is 7.78. The molecular weight excluding hydrogens is 248 g/mol. The number of nitrogens with one attached hydrogen (secondary N) is 1. The molecule has 0 fully saturated rings. The molecule has 0 aliphatic carbocycles. The van der Waals surface area contributed by atoms with E-state index >= 15 is 0 Å². The normalized spacial score (nSPS) is 12.1.